The summed E-state index contributed by atoms with van der Waals surface area (Å²) in [5.41, 5.74) is 9.56. The van der Waals surface area contributed by atoms with E-state index in [1.807, 2.05) is 18.3 Å². The van der Waals surface area contributed by atoms with Crippen molar-refractivity contribution in [3.8, 4) is 33.8 Å². The van der Waals surface area contributed by atoms with E-state index in [9.17, 15) is 0 Å². The number of pyridine rings is 2. The molecule has 130 valence electrons. The van der Waals surface area contributed by atoms with Gasteiger partial charge in [-0.1, -0.05) is 66.7 Å². The second kappa shape index (κ2) is 6.81. The van der Waals surface area contributed by atoms with Gasteiger partial charge in [0.1, 0.15) is 0 Å². The molecule has 2 heterocycles. The van der Waals surface area contributed by atoms with Crippen LogP contribution in [0.25, 0.3) is 33.8 Å². The van der Waals surface area contributed by atoms with Crippen LogP contribution in [0.1, 0.15) is 17.5 Å². The van der Waals surface area contributed by atoms with E-state index in [4.69, 9.17) is 4.98 Å². The summed E-state index contributed by atoms with van der Waals surface area (Å²) in [5, 5.41) is 0. The van der Waals surface area contributed by atoms with Crippen LogP contribution >= 0.6 is 0 Å². The van der Waals surface area contributed by atoms with Crippen LogP contribution in [-0.2, 0) is 12.8 Å². The van der Waals surface area contributed by atoms with E-state index in [1.54, 1.807) is 0 Å². The maximum absolute atomic E-state index is 5.20. The van der Waals surface area contributed by atoms with Gasteiger partial charge in [0, 0.05) is 17.3 Å². The average molecular weight is 348 g/mol. The second-order valence-corrected chi connectivity index (χ2v) is 6.94. The SMILES string of the molecule is c1ccc(-c2nc(-c3ccccn3)c3c(c2-c2ccccc2)CCC3)cc1. The molecule has 27 heavy (non-hydrogen) atoms. The molecule has 2 heteroatoms. The molecule has 1 aliphatic rings. The van der Waals surface area contributed by atoms with Crippen molar-refractivity contribution in [2.45, 2.75) is 19.3 Å². The van der Waals surface area contributed by atoms with Crippen LogP contribution in [-0.4, -0.2) is 9.97 Å². The Morgan fingerprint density at radius 2 is 1.26 bits per heavy atom. The minimum Gasteiger partial charge on any atom is -0.255 e. The summed E-state index contributed by atoms with van der Waals surface area (Å²) in [6.45, 7) is 0. The minimum absolute atomic E-state index is 0.965. The van der Waals surface area contributed by atoms with E-state index in [1.165, 1.54) is 28.7 Å². The molecule has 0 fully saturated rings. The van der Waals surface area contributed by atoms with Gasteiger partial charge in [-0.15, -0.1) is 0 Å². The Bertz CT molecular complexity index is 1070. The zero-order valence-corrected chi connectivity index (χ0v) is 15.1. The van der Waals surface area contributed by atoms with Gasteiger partial charge in [0.15, 0.2) is 0 Å². The monoisotopic (exact) mass is 348 g/mol. The molecule has 1 aliphatic carbocycles. The van der Waals surface area contributed by atoms with Crippen LogP contribution in [0.4, 0.5) is 0 Å². The van der Waals surface area contributed by atoms with Crippen LogP contribution in [0.15, 0.2) is 85.1 Å². The quantitative estimate of drug-likeness (QED) is 0.456. The summed E-state index contributed by atoms with van der Waals surface area (Å²) in [6.07, 6.45) is 5.20. The van der Waals surface area contributed by atoms with Gasteiger partial charge in [0.25, 0.3) is 0 Å². The first-order valence-electron chi connectivity index (χ1n) is 9.50. The number of hydrogen-bond acceptors (Lipinski definition) is 2. The van der Waals surface area contributed by atoms with Crippen molar-refractivity contribution in [2.24, 2.45) is 0 Å². The molecular weight excluding hydrogens is 328 g/mol. The lowest BCUT2D eigenvalue weighted by Crippen LogP contribution is -2.01. The van der Waals surface area contributed by atoms with Gasteiger partial charge in [0.2, 0.25) is 0 Å². The molecular formula is C25H20N2. The Morgan fingerprint density at radius 3 is 1.96 bits per heavy atom. The highest BCUT2D eigenvalue weighted by molar-refractivity contribution is 5.87. The Balaban J connectivity index is 1.85. The molecule has 5 rings (SSSR count). The second-order valence-electron chi connectivity index (χ2n) is 6.94. The maximum atomic E-state index is 5.20. The number of nitrogens with zero attached hydrogens (tertiary/aromatic N) is 2. The van der Waals surface area contributed by atoms with Crippen LogP contribution in [0.2, 0.25) is 0 Å². The van der Waals surface area contributed by atoms with Gasteiger partial charge in [-0.25, -0.2) is 4.98 Å². The third-order valence-corrected chi connectivity index (χ3v) is 5.28. The molecule has 0 spiro atoms. The van der Waals surface area contributed by atoms with Crippen molar-refractivity contribution in [1.29, 1.82) is 0 Å². The maximum Gasteiger partial charge on any atom is 0.0928 e. The fraction of sp³-hybridized carbons (Fsp3) is 0.120. The highest BCUT2D eigenvalue weighted by Gasteiger charge is 2.25. The summed E-state index contributed by atoms with van der Waals surface area (Å²) in [6, 6.07) is 27.3. The fourth-order valence-electron chi connectivity index (χ4n) is 4.09. The zero-order chi connectivity index (χ0) is 18.1. The van der Waals surface area contributed by atoms with E-state index in [2.05, 4.69) is 71.7 Å². The summed E-state index contributed by atoms with van der Waals surface area (Å²) in [7, 11) is 0. The highest BCUT2D eigenvalue weighted by Crippen LogP contribution is 2.42. The van der Waals surface area contributed by atoms with Crippen molar-refractivity contribution >= 4 is 0 Å². The van der Waals surface area contributed by atoms with Crippen LogP contribution in [0.3, 0.4) is 0 Å². The Labute approximate surface area is 159 Å². The molecule has 0 atom stereocenters. The molecule has 0 bridgehead atoms. The molecule has 0 amide bonds. The first kappa shape index (κ1) is 16.0. The summed E-state index contributed by atoms with van der Waals surface area (Å²) >= 11 is 0. The van der Waals surface area contributed by atoms with Gasteiger partial charge >= 0.3 is 0 Å². The van der Waals surface area contributed by atoms with Crippen molar-refractivity contribution < 1.29 is 0 Å². The third-order valence-electron chi connectivity index (χ3n) is 5.28. The molecule has 0 radical (unpaired) electrons. The van der Waals surface area contributed by atoms with E-state index in [0.29, 0.717) is 0 Å². The average Bonchev–Trinajstić information content (AvgIpc) is 3.24. The standard InChI is InChI=1S/C25H20N2/c1-3-10-18(11-4-1)23-20-14-9-15-21(20)25(22-16-7-8-17-26-22)27-24(23)19-12-5-2-6-13-19/h1-8,10-13,16-17H,9,14-15H2. The molecule has 0 saturated heterocycles. The topological polar surface area (TPSA) is 25.8 Å². The lowest BCUT2D eigenvalue weighted by atomic mass is 9.91. The number of hydrogen-bond donors (Lipinski definition) is 0. The molecule has 2 aromatic heterocycles. The Hall–Kier alpha value is -3.26. The van der Waals surface area contributed by atoms with Gasteiger partial charge < -0.3 is 0 Å². The van der Waals surface area contributed by atoms with Crippen LogP contribution in [0, 0.1) is 0 Å². The van der Waals surface area contributed by atoms with E-state index in [-0.39, 0.29) is 0 Å². The number of benzene rings is 2. The third kappa shape index (κ3) is 2.83. The Morgan fingerprint density at radius 1 is 0.593 bits per heavy atom. The molecule has 0 aliphatic heterocycles. The van der Waals surface area contributed by atoms with Crippen LogP contribution in [0.5, 0.6) is 0 Å². The van der Waals surface area contributed by atoms with E-state index in [0.717, 1.165) is 35.5 Å². The zero-order valence-electron chi connectivity index (χ0n) is 15.1. The predicted octanol–water partition coefficient (Wildman–Crippen LogP) is 5.97. The van der Waals surface area contributed by atoms with Crippen molar-refractivity contribution in [3.63, 3.8) is 0 Å². The summed E-state index contributed by atoms with van der Waals surface area (Å²) in [4.78, 5) is 9.80. The fourth-order valence-corrected chi connectivity index (χ4v) is 4.09. The van der Waals surface area contributed by atoms with E-state index >= 15 is 0 Å². The number of aromatic nitrogens is 2. The van der Waals surface area contributed by atoms with Gasteiger partial charge in [-0.05, 0) is 48.1 Å². The van der Waals surface area contributed by atoms with Gasteiger partial charge in [-0.2, -0.15) is 0 Å². The first-order valence-corrected chi connectivity index (χ1v) is 9.50. The van der Waals surface area contributed by atoms with Gasteiger partial charge in [0.05, 0.1) is 17.1 Å². The Kier molecular flexibility index (Phi) is 4.02. The van der Waals surface area contributed by atoms with Gasteiger partial charge in [-0.3, -0.25) is 4.98 Å². The highest BCUT2D eigenvalue weighted by atomic mass is 14.8. The summed E-state index contributed by atoms with van der Waals surface area (Å²) < 4.78 is 0. The first-order chi connectivity index (χ1) is 13.4. The van der Waals surface area contributed by atoms with Crippen LogP contribution < -0.4 is 0 Å². The van der Waals surface area contributed by atoms with Crippen molar-refractivity contribution in [1.82, 2.24) is 9.97 Å². The molecule has 0 unspecified atom stereocenters. The molecule has 2 aromatic carbocycles. The van der Waals surface area contributed by atoms with Crippen molar-refractivity contribution in [3.05, 3.63) is 96.2 Å². The van der Waals surface area contributed by atoms with E-state index < -0.39 is 0 Å². The molecule has 0 N–H and O–H groups in total. The predicted molar refractivity (Wildman–Crippen MR) is 110 cm³/mol. The largest absolute Gasteiger partial charge is 0.255 e. The normalized spacial score (nSPS) is 12.7. The minimum atomic E-state index is 0.965. The lowest BCUT2D eigenvalue weighted by molar-refractivity contribution is 0.911. The molecule has 4 aromatic rings. The molecule has 0 saturated carbocycles. The smallest absolute Gasteiger partial charge is 0.0928 e. The lowest BCUT2D eigenvalue weighted by Gasteiger charge is -2.18. The molecule has 2 nitrogen and oxygen atoms in total. The van der Waals surface area contributed by atoms with Crippen molar-refractivity contribution in [2.75, 3.05) is 0 Å². The number of fused-ring (bicyclic) bond motifs is 1. The number of rotatable bonds is 3. The summed E-state index contributed by atoms with van der Waals surface area (Å²) in [5.74, 6) is 0.